The van der Waals surface area contributed by atoms with Crippen LogP contribution >= 0.6 is 15.9 Å². The summed E-state index contributed by atoms with van der Waals surface area (Å²) in [5, 5.41) is 2.80. The predicted octanol–water partition coefficient (Wildman–Crippen LogP) is 3.27. The Balaban J connectivity index is 2.00. The van der Waals surface area contributed by atoms with Crippen LogP contribution in [0.3, 0.4) is 0 Å². The third-order valence-electron chi connectivity index (χ3n) is 3.72. The Morgan fingerprint density at radius 2 is 1.86 bits per heavy atom. The first-order chi connectivity index (χ1) is 10.1. The minimum Gasteiger partial charge on any atom is -0.352 e. The number of benzene rings is 2. The zero-order valence-corrected chi connectivity index (χ0v) is 13.2. The molecule has 0 saturated carbocycles. The molecular weight excluding hydrogens is 330 g/mol. The number of aryl methyl sites for hydroxylation is 1. The van der Waals surface area contributed by atoms with Crippen LogP contribution in [-0.4, -0.2) is 18.2 Å². The fourth-order valence-electron chi connectivity index (χ4n) is 2.51. The highest BCUT2D eigenvalue weighted by atomic mass is 79.9. The van der Waals surface area contributed by atoms with Gasteiger partial charge in [0.15, 0.2) is 5.78 Å². The number of rotatable bonds is 2. The van der Waals surface area contributed by atoms with Gasteiger partial charge >= 0.3 is 0 Å². The molecule has 0 fully saturated rings. The lowest BCUT2D eigenvalue weighted by Crippen LogP contribution is -2.32. The van der Waals surface area contributed by atoms with E-state index in [0.29, 0.717) is 23.2 Å². The van der Waals surface area contributed by atoms with Crippen LogP contribution in [0, 0.1) is 6.92 Å². The molecule has 0 bridgehead atoms. The third kappa shape index (κ3) is 2.63. The van der Waals surface area contributed by atoms with Gasteiger partial charge in [-0.2, -0.15) is 0 Å². The smallest absolute Gasteiger partial charge is 0.251 e. The summed E-state index contributed by atoms with van der Waals surface area (Å²) in [5.41, 5.74) is 3.80. The average molecular weight is 344 g/mol. The summed E-state index contributed by atoms with van der Waals surface area (Å²) in [6.45, 7) is 2.60. The molecular formula is C17H14BrNO2. The maximum atomic E-state index is 12.6. The lowest BCUT2D eigenvalue weighted by molar-refractivity contribution is 0.0946. The highest BCUT2D eigenvalue weighted by Crippen LogP contribution is 2.21. The van der Waals surface area contributed by atoms with E-state index in [0.717, 1.165) is 22.0 Å². The number of halogens is 1. The van der Waals surface area contributed by atoms with E-state index in [9.17, 15) is 9.59 Å². The maximum absolute atomic E-state index is 12.6. The number of ketones is 1. The molecule has 0 atom stereocenters. The summed E-state index contributed by atoms with van der Waals surface area (Å²) in [7, 11) is 0. The van der Waals surface area contributed by atoms with E-state index >= 15 is 0 Å². The van der Waals surface area contributed by atoms with Crippen LogP contribution in [0.4, 0.5) is 0 Å². The van der Waals surface area contributed by atoms with Crippen LogP contribution in [-0.2, 0) is 6.42 Å². The molecule has 0 saturated heterocycles. The van der Waals surface area contributed by atoms with E-state index in [1.807, 2.05) is 25.1 Å². The van der Waals surface area contributed by atoms with Crippen molar-refractivity contribution in [3.63, 3.8) is 0 Å². The number of hydrogen-bond donors (Lipinski definition) is 1. The zero-order chi connectivity index (χ0) is 15.0. The monoisotopic (exact) mass is 343 g/mol. The number of carbonyl (C=O) groups excluding carboxylic acids is 2. The Labute approximate surface area is 131 Å². The van der Waals surface area contributed by atoms with Gasteiger partial charge in [0.05, 0.1) is 0 Å². The fraction of sp³-hybridized carbons (Fsp3) is 0.176. The average Bonchev–Trinajstić information content (AvgIpc) is 2.49. The van der Waals surface area contributed by atoms with E-state index in [1.165, 1.54) is 0 Å². The normalized spacial score (nSPS) is 13.5. The standard InChI is InChI=1S/C17H14BrNO2/c1-10-8-12(4-5-15(10)18)16(20)13-3-2-11-6-7-19-17(21)14(11)9-13/h2-5,8-9H,6-7H2,1H3,(H,19,21). The van der Waals surface area contributed by atoms with Crippen molar-refractivity contribution in [1.82, 2.24) is 5.32 Å². The molecule has 1 heterocycles. The van der Waals surface area contributed by atoms with Crippen molar-refractivity contribution >= 4 is 27.6 Å². The van der Waals surface area contributed by atoms with Crippen LogP contribution in [0.25, 0.3) is 0 Å². The van der Waals surface area contributed by atoms with Gasteiger partial charge in [-0.1, -0.05) is 28.1 Å². The largest absolute Gasteiger partial charge is 0.352 e. The van der Waals surface area contributed by atoms with E-state index < -0.39 is 0 Å². The molecule has 1 N–H and O–H groups in total. The first-order valence-electron chi connectivity index (χ1n) is 6.78. The van der Waals surface area contributed by atoms with E-state index in [4.69, 9.17) is 0 Å². The number of hydrogen-bond acceptors (Lipinski definition) is 2. The molecule has 0 unspecified atom stereocenters. The molecule has 0 radical (unpaired) electrons. The topological polar surface area (TPSA) is 46.2 Å². The number of carbonyl (C=O) groups is 2. The van der Waals surface area contributed by atoms with E-state index in [-0.39, 0.29) is 11.7 Å². The summed E-state index contributed by atoms with van der Waals surface area (Å²) in [6, 6.07) is 10.9. The van der Waals surface area contributed by atoms with Crippen molar-refractivity contribution in [3.8, 4) is 0 Å². The zero-order valence-electron chi connectivity index (χ0n) is 11.6. The summed E-state index contributed by atoms with van der Waals surface area (Å²) in [4.78, 5) is 24.4. The molecule has 3 rings (SSSR count). The molecule has 1 aliphatic heterocycles. The molecule has 21 heavy (non-hydrogen) atoms. The number of nitrogens with one attached hydrogen (secondary N) is 1. The van der Waals surface area contributed by atoms with Gasteiger partial charge in [-0.05, 0) is 48.7 Å². The quantitative estimate of drug-likeness (QED) is 0.850. The fourth-order valence-corrected chi connectivity index (χ4v) is 2.75. The first-order valence-corrected chi connectivity index (χ1v) is 7.57. The highest BCUT2D eigenvalue weighted by Gasteiger charge is 2.19. The van der Waals surface area contributed by atoms with E-state index in [2.05, 4.69) is 21.2 Å². The van der Waals surface area contributed by atoms with Gasteiger partial charge in [-0.15, -0.1) is 0 Å². The molecule has 0 aliphatic carbocycles. The van der Waals surface area contributed by atoms with Gasteiger partial charge in [0.1, 0.15) is 0 Å². The third-order valence-corrected chi connectivity index (χ3v) is 4.61. The van der Waals surface area contributed by atoms with Crippen molar-refractivity contribution in [2.75, 3.05) is 6.54 Å². The Morgan fingerprint density at radius 1 is 1.14 bits per heavy atom. The van der Waals surface area contributed by atoms with Gasteiger partial charge in [-0.25, -0.2) is 0 Å². The lowest BCUT2D eigenvalue weighted by atomic mass is 9.94. The molecule has 0 aromatic heterocycles. The van der Waals surface area contributed by atoms with Crippen molar-refractivity contribution in [1.29, 1.82) is 0 Å². The summed E-state index contributed by atoms with van der Waals surface area (Å²) in [6.07, 6.45) is 0.812. The summed E-state index contributed by atoms with van der Waals surface area (Å²) >= 11 is 3.43. The highest BCUT2D eigenvalue weighted by molar-refractivity contribution is 9.10. The van der Waals surface area contributed by atoms with Crippen molar-refractivity contribution in [2.24, 2.45) is 0 Å². The maximum Gasteiger partial charge on any atom is 0.251 e. The molecule has 2 aromatic rings. The van der Waals surface area contributed by atoms with Crippen LogP contribution in [0.5, 0.6) is 0 Å². The molecule has 1 amide bonds. The Kier molecular flexibility index (Phi) is 3.64. The second kappa shape index (κ2) is 5.45. The molecule has 4 heteroatoms. The molecule has 0 spiro atoms. The van der Waals surface area contributed by atoms with Crippen molar-refractivity contribution < 1.29 is 9.59 Å². The molecule has 106 valence electrons. The minimum absolute atomic E-state index is 0.0632. The SMILES string of the molecule is Cc1cc(C(=O)c2ccc3c(c2)C(=O)NCC3)ccc1Br. The molecule has 2 aromatic carbocycles. The molecule has 3 nitrogen and oxygen atoms in total. The van der Waals surface area contributed by atoms with Gasteiger partial charge in [0, 0.05) is 27.7 Å². The second-order valence-corrected chi connectivity index (χ2v) is 6.03. The van der Waals surface area contributed by atoms with Crippen LogP contribution in [0.15, 0.2) is 40.9 Å². The number of fused-ring (bicyclic) bond motifs is 1. The Bertz CT molecular complexity index is 752. The van der Waals surface area contributed by atoms with Gasteiger partial charge in [0.25, 0.3) is 5.91 Å². The van der Waals surface area contributed by atoms with Crippen LogP contribution in [0.1, 0.15) is 37.4 Å². The minimum atomic E-state index is -0.0992. The Morgan fingerprint density at radius 3 is 2.62 bits per heavy atom. The van der Waals surface area contributed by atoms with Gasteiger partial charge in [-0.3, -0.25) is 9.59 Å². The first kappa shape index (κ1) is 14.0. The van der Waals surface area contributed by atoms with Gasteiger partial charge < -0.3 is 5.32 Å². The lowest BCUT2D eigenvalue weighted by Gasteiger charge is -2.17. The summed E-state index contributed by atoms with van der Waals surface area (Å²) in [5.74, 6) is -0.162. The van der Waals surface area contributed by atoms with Crippen LogP contribution in [0.2, 0.25) is 0 Å². The van der Waals surface area contributed by atoms with Crippen molar-refractivity contribution in [3.05, 3.63) is 68.7 Å². The molecule has 1 aliphatic rings. The number of amides is 1. The Hall–Kier alpha value is -1.94. The second-order valence-electron chi connectivity index (χ2n) is 5.17. The summed E-state index contributed by atoms with van der Waals surface area (Å²) < 4.78 is 0.976. The van der Waals surface area contributed by atoms with E-state index in [1.54, 1.807) is 18.2 Å². The van der Waals surface area contributed by atoms with Crippen LogP contribution < -0.4 is 5.32 Å². The predicted molar refractivity (Wildman–Crippen MR) is 84.8 cm³/mol. The van der Waals surface area contributed by atoms with Gasteiger partial charge in [0.2, 0.25) is 0 Å². The van der Waals surface area contributed by atoms with Crippen molar-refractivity contribution in [2.45, 2.75) is 13.3 Å².